The number of carbonyl (C=O) groups excluding carboxylic acids is 2. The summed E-state index contributed by atoms with van der Waals surface area (Å²) in [7, 11) is 1.22. The average Bonchev–Trinajstić information content (AvgIpc) is 3.15. The molecule has 2 N–H and O–H groups in total. The van der Waals surface area contributed by atoms with Crippen molar-refractivity contribution in [1.29, 1.82) is 0 Å². The molecule has 8 heteroatoms. The van der Waals surface area contributed by atoms with E-state index in [-0.39, 0.29) is 13.0 Å². The van der Waals surface area contributed by atoms with Crippen LogP contribution >= 0.6 is 0 Å². The van der Waals surface area contributed by atoms with Gasteiger partial charge in [0.15, 0.2) is 0 Å². The van der Waals surface area contributed by atoms with E-state index < -0.39 is 24.2 Å². The van der Waals surface area contributed by atoms with E-state index >= 15 is 0 Å². The third kappa shape index (κ3) is 5.22. The summed E-state index contributed by atoms with van der Waals surface area (Å²) in [5, 5.41) is 12.8. The van der Waals surface area contributed by atoms with Crippen LogP contribution in [-0.2, 0) is 33.7 Å². The molecule has 0 aliphatic carbocycles. The van der Waals surface area contributed by atoms with Crippen molar-refractivity contribution in [2.24, 2.45) is 0 Å². The highest BCUT2D eigenvalue weighted by molar-refractivity contribution is 5.92. The molecule has 0 saturated heterocycles. The highest BCUT2D eigenvalue weighted by Crippen LogP contribution is 2.24. The molecule has 0 bridgehead atoms. The van der Waals surface area contributed by atoms with Crippen LogP contribution in [0.1, 0.15) is 23.6 Å². The first-order valence-corrected chi connectivity index (χ1v) is 9.84. The second-order valence-corrected chi connectivity index (χ2v) is 7.00. The molecule has 1 aromatic heterocycles. The van der Waals surface area contributed by atoms with Crippen LogP contribution in [0.2, 0.25) is 0 Å². The summed E-state index contributed by atoms with van der Waals surface area (Å²) < 4.78 is 11.1. The molecular weight excluding hydrogens is 400 g/mol. The number of amides is 1. The molecule has 3 rings (SSSR count). The fraction of sp³-hybridized carbons (Fsp3) is 0.261. The van der Waals surface area contributed by atoms with Crippen LogP contribution in [0.15, 0.2) is 54.7 Å². The molecule has 0 aliphatic heterocycles. The first-order chi connectivity index (χ1) is 14.9. The molecule has 0 saturated carbocycles. The monoisotopic (exact) mass is 424 g/mol. The van der Waals surface area contributed by atoms with Crippen molar-refractivity contribution >= 4 is 29.1 Å². The summed E-state index contributed by atoms with van der Waals surface area (Å²) in [4.78, 5) is 36.2. The molecule has 0 fully saturated rings. The maximum absolute atomic E-state index is 12.3. The molecule has 8 nitrogen and oxygen atoms in total. The van der Waals surface area contributed by atoms with Crippen molar-refractivity contribution in [3.63, 3.8) is 0 Å². The van der Waals surface area contributed by atoms with Gasteiger partial charge in [-0.2, -0.15) is 0 Å². The van der Waals surface area contributed by atoms with Gasteiger partial charge in [-0.25, -0.2) is 14.4 Å². The number of methoxy groups -OCH3 is 1. The Morgan fingerprint density at radius 2 is 1.84 bits per heavy atom. The number of aromatic nitrogens is 1. The zero-order valence-electron chi connectivity index (χ0n) is 17.3. The van der Waals surface area contributed by atoms with Crippen LogP contribution in [0.3, 0.4) is 0 Å². The molecule has 1 atom stereocenters. The zero-order valence-corrected chi connectivity index (χ0v) is 17.3. The van der Waals surface area contributed by atoms with Crippen molar-refractivity contribution in [1.82, 2.24) is 9.88 Å². The van der Waals surface area contributed by atoms with Crippen LogP contribution in [0.5, 0.6) is 0 Å². The molecule has 1 heterocycles. The fourth-order valence-electron chi connectivity index (χ4n) is 3.35. The Bertz CT molecular complexity index is 1090. The topological polar surface area (TPSA) is 107 Å². The summed E-state index contributed by atoms with van der Waals surface area (Å²) in [6, 6.07) is 13.7. The van der Waals surface area contributed by atoms with Gasteiger partial charge in [-0.3, -0.25) is 4.57 Å². The van der Waals surface area contributed by atoms with Crippen molar-refractivity contribution in [3.8, 4) is 0 Å². The van der Waals surface area contributed by atoms with Gasteiger partial charge in [-0.15, -0.1) is 0 Å². The lowest BCUT2D eigenvalue weighted by molar-refractivity contribution is -0.143. The molecular formula is C23H24N2O6. The van der Waals surface area contributed by atoms with E-state index in [1.165, 1.54) is 13.3 Å². The van der Waals surface area contributed by atoms with Crippen LogP contribution in [-0.4, -0.2) is 41.0 Å². The normalized spacial score (nSPS) is 11.7. The molecule has 1 amide bonds. The zero-order chi connectivity index (χ0) is 22.4. The van der Waals surface area contributed by atoms with Gasteiger partial charge in [0.25, 0.3) is 0 Å². The first-order valence-electron chi connectivity index (χ1n) is 9.84. The number of rotatable bonds is 7. The van der Waals surface area contributed by atoms with Gasteiger partial charge < -0.3 is 19.9 Å². The van der Waals surface area contributed by atoms with Gasteiger partial charge in [-0.05, 0) is 29.2 Å². The molecule has 2 aromatic carbocycles. The summed E-state index contributed by atoms with van der Waals surface area (Å²) in [5.74, 6) is -0.655. The van der Waals surface area contributed by atoms with E-state index in [1.807, 2.05) is 55.5 Å². The average molecular weight is 424 g/mol. The lowest BCUT2D eigenvalue weighted by atomic mass is 10.0. The van der Waals surface area contributed by atoms with Gasteiger partial charge in [0.2, 0.25) is 0 Å². The van der Waals surface area contributed by atoms with Crippen LogP contribution in [0.25, 0.3) is 10.9 Å². The van der Waals surface area contributed by atoms with Crippen molar-refractivity contribution in [3.05, 3.63) is 71.4 Å². The minimum Gasteiger partial charge on any atom is -0.467 e. The number of fused-ring (bicyclic) bond motifs is 1. The van der Waals surface area contributed by atoms with Gasteiger partial charge in [-0.1, -0.05) is 49.4 Å². The Morgan fingerprint density at radius 1 is 1.10 bits per heavy atom. The Balaban J connectivity index is 1.80. The van der Waals surface area contributed by atoms with Gasteiger partial charge in [0.1, 0.15) is 12.6 Å². The third-order valence-electron chi connectivity index (χ3n) is 4.98. The number of aryl methyl sites for hydroxylation is 1. The fourth-order valence-corrected chi connectivity index (χ4v) is 3.35. The molecule has 162 valence electrons. The lowest BCUT2D eigenvalue weighted by Crippen LogP contribution is -2.43. The Morgan fingerprint density at radius 3 is 2.48 bits per heavy atom. The second-order valence-electron chi connectivity index (χ2n) is 7.00. The number of hydrogen-bond acceptors (Lipinski definition) is 5. The van der Waals surface area contributed by atoms with Gasteiger partial charge in [0.05, 0.1) is 12.6 Å². The first kappa shape index (κ1) is 21.9. The van der Waals surface area contributed by atoms with Crippen molar-refractivity contribution in [2.75, 3.05) is 7.11 Å². The maximum atomic E-state index is 12.3. The molecule has 0 radical (unpaired) electrons. The van der Waals surface area contributed by atoms with E-state index in [0.29, 0.717) is 16.5 Å². The summed E-state index contributed by atoms with van der Waals surface area (Å²) >= 11 is 0. The van der Waals surface area contributed by atoms with Crippen molar-refractivity contribution < 1.29 is 29.0 Å². The summed E-state index contributed by atoms with van der Waals surface area (Å²) in [5.41, 5.74) is 2.92. The summed E-state index contributed by atoms with van der Waals surface area (Å²) in [6.45, 7) is 2.03. The number of carbonyl (C=O) groups is 3. The van der Waals surface area contributed by atoms with Gasteiger partial charge >= 0.3 is 18.2 Å². The van der Waals surface area contributed by atoms with E-state index in [0.717, 1.165) is 22.1 Å². The number of ether oxygens (including phenoxy) is 2. The largest absolute Gasteiger partial charge is 0.467 e. The highest BCUT2D eigenvalue weighted by atomic mass is 16.6. The number of benzene rings is 2. The van der Waals surface area contributed by atoms with E-state index in [1.54, 1.807) is 0 Å². The van der Waals surface area contributed by atoms with E-state index in [2.05, 4.69) is 5.32 Å². The molecule has 0 spiro atoms. The quantitative estimate of drug-likeness (QED) is 0.560. The smallest absolute Gasteiger partial charge is 0.416 e. The maximum Gasteiger partial charge on any atom is 0.416 e. The van der Waals surface area contributed by atoms with Crippen LogP contribution in [0.4, 0.5) is 9.59 Å². The Labute approximate surface area is 179 Å². The van der Waals surface area contributed by atoms with E-state index in [9.17, 15) is 19.5 Å². The predicted octanol–water partition coefficient (Wildman–Crippen LogP) is 3.74. The minimum absolute atomic E-state index is 0.0510. The number of nitrogens with one attached hydrogen (secondary N) is 1. The van der Waals surface area contributed by atoms with Crippen LogP contribution in [0, 0.1) is 0 Å². The number of carboxylic acid groups (broad SMARTS) is 1. The second kappa shape index (κ2) is 9.80. The Kier molecular flexibility index (Phi) is 6.92. The summed E-state index contributed by atoms with van der Waals surface area (Å²) in [6.07, 6.45) is 0.369. The lowest BCUT2D eigenvalue weighted by Gasteiger charge is -2.16. The van der Waals surface area contributed by atoms with Crippen LogP contribution < -0.4 is 5.32 Å². The van der Waals surface area contributed by atoms with Crippen molar-refractivity contribution in [2.45, 2.75) is 32.4 Å². The predicted molar refractivity (Wildman–Crippen MR) is 114 cm³/mol. The Hall–Kier alpha value is -3.81. The highest BCUT2D eigenvalue weighted by Gasteiger charge is 2.25. The molecule has 31 heavy (non-hydrogen) atoms. The number of esters is 1. The number of hydrogen-bond donors (Lipinski definition) is 2. The SMILES string of the molecule is CCc1ccc2c(C[C@H](NC(=O)OCc3ccccc3)C(=O)OC)cn(C(=O)O)c2c1. The number of nitrogens with zero attached hydrogens (tertiary/aromatic N) is 1. The van der Waals surface area contributed by atoms with E-state index in [4.69, 9.17) is 9.47 Å². The standard InChI is InChI=1S/C23H24N2O6/c1-3-15-9-10-18-17(13-25(23(28)29)20(18)11-15)12-19(21(26)30-2)24-22(27)31-14-16-7-5-4-6-8-16/h4-11,13,19H,3,12,14H2,1-2H3,(H,24,27)(H,28,29)/t19-/m0/s1. The van der Waals surface area contributed by atoms with Gasteiger partial charge in [0, 0.05) is 18.0 Å². The third-order valence-corrected chi connectivity index (χ3v) is 4.98. The molecule has 3 aromatic rings. The molecule has 0 aliphatic rings. The number of alkyl carbamates (subject to hydrolysis) is 1. The molecule has 0 unspecified atom stereocenters. The minimum atomic E-state index is -1.13.